The molecule has 110 valence electrons. The Hall–Kier alpha value is -2.15. The van der Waals surface area contributed by atoms with Gasteiger partial charge < -0.3 is 14.7 Å². The molecule has 1 aromatic rings. The number of hydrogen-bond donors (Lipinski definition) is 1. The van der Waals surface area contributed by atoms with E-state index >= 15 is 0 Å². The Morgan fingerprint density at radius 2 is 2.15 bits per heavy atom. The Morgan fingerprint density at radius 3 is 2.65 bits per heavy atom. The Morgan fingerprint density at radius 1 is 1.45 bits per heavy atom. The average molecular weight is 282 g/mol. The lowest BCUT2D eigenvalue weighted by Crippen LogP contribution is -2.29. The van der Waals surface area contributed by atoms with Crippen LogP contribution in [0.2, 0.25) is 0 Å². The van der Waals surface area contributed by atoms with Gasteiger partial charge in [0.1, 0.15) is 5.69 Å². The first kappa shape index (κ1) is 15.9. The summed E-state index contributed by atoms with van der Waals surface area (Å²) < 4.78 is 5.23. The molecule has 1 aromatic carbocycles. The Labute approximate surface area is 116 Å². The maximum atomic E-state index is 11.3. The van der Waals surface area contributed by atoms with Crippen LogP contribution in [-0.2, 0) is 4.74 Å². The number of ether oxygens (including phenoxy) is 1. The third-order valence-electron chi connectivity index (χ3n) is 2.85. The van der Waals surface area contributed by atoms with Crippen molar-refractivity contribution in [2.45, 2.75) is 13.8 Å². The van der Waals surface area contributed by atoms with Crippen molar-refractivity contribution in [2.75, 3.05) is 31.2 Å². The molecule has 0 aliphatic rings. The first-order chi connectivity index (χ1) is 9.52. The molecule has 0 aliphatic heterocycles. The number of anilines is 1. The van der Waals surface area contributed by atoms with Gasteiger partial charge in [-0.25, -0.2) is 4.79 Å². The number of nitrogens with zero attached hydrogens (tertiary/aromatic N) is 2. The lowest BCUT2D eigenvalue weighted by Gasteiger charge is -2.24. The SMILES string of the molecule is CCOCCN(CC)c1c(C(=O)O)cccc1[N+](=O)[O-]. The first-order valence-corrected chi connectivity index (χ1v) is 6.36. The van der Waals surface area contributed by atoms with E-state index in [9.17, 15) is 20.0 Å². The second-order valence-corrected chi connectivity index (χ2v) is 4.01. The lowest BCUT2D eigenvalue weighted by atomic mass is 10.1. The molecule has 0 bridgehead atoms. The molecule has 7 heteroatoms. The van der Waals surface area contributed by atoms with Gasteiger partial charge in [-0.05, 0) is 19.9 Å². The van der Waals surface area contributed by atoms with Crippen molar-refractivity contribution in [3.05, 3.63) is 33.9 Å². The number of nitro benzene ring substituents is 1. The molecule has 0 aliphatic carbocycles. The van der Waals surface area contributed by atoms with Crippen LogP contribution in [0, 0.1) is 10.1 Å². The number of nitro groups is 1. The second-order valence-electron chi connectivity index (χ2n) is 4.01. The van der Waals surface area contributed by atoms with E-state index in [-0.39, 0.29) is 16.9 Å². The molecule has 0 saturated carbocycles. The zero-order valence-electron chi connectivity index (χ0n) is 11.5. The van der Waals surface area contributed by atoms with Gasteiger partial charge in [-0.1, -0.05) is 6.07 Å². The molecule has 1 rings (SSSR count). The van der Waals surface area contributed by atoms with Crippen LogP contribution in [0.1, 0.15) is 24.2 Å². The first-order valence-electron chi connectivity index (χ1n) is 6.36. The summed E-state index contributed by atoms with van der Waals surface area (Å²) in [5, 5.41) is 20.3. The molecule has 0 fully saturated rings. The van der Waals surface area contributed by atoms with Crippen molar-refractivity contribution in [1.82, 2.24) is 0 Å². The molecule has 0 atom stereocenters. The van der Waals surface area contributed by atoms with Crippen molar-refractivity contribution in [3.8, 4) is 0 Å². The van der Waals surface area contributed by atoms with E-state index < -0.39 is 10.9 Å². The summed E-state index contributed by atoms with van der Waals surface area (Å²) in [6.07, 6.45) is 0. The van der Waals surface area contributed by atoms with E-state index in [1.807, 2.05) is 13.8 Å². The Bertz CT molecular complexity index is 457. The zero-order valence-corrected chi connectivity index (χ0v) is 11.5. The molecule has 0 amide bonds. The van der Waals surface area contributed by atoms with Crippen LogP contribution >= 0.6 is 0 Å². The van der Waals surface area contributed by atoms with Gasteiger partial charge in [-0.15, -0.1) is 0 Å². The molecular formula is C13H18N2O5. The summed E-state index contributed by atoms with van der Waals surface area (Å²) in [4.78, 5) is 23.5. The summed E-state index contributed by atoms with van der Waals surface area (Å²) in [6.45, 7) is 5.45. The number of aromatic carboxylic acids is 1. The predicted octanol–water partition coefficient (Wildman–Crippen LogP) is 2.16. The van der Waals surface area contributed by atoms with E-state index in [0.29, 0.717) is 26.3 Å². The molecule has 7 nitrogen and oxygen atoms in total. The largest absolute Gasteiger partial charge is 0.478 e. The summed E-state index contributed by atoms with van der Waals surface area (Å²) >= 11 is 0. The molecular weight excluding hydrogens is 264 g/mol. The number of carboxylic acids is 1. The molecule has 20 heavy (non-hydrogen) atoms. The number of likely N-dealkylation sites (N-methyl/N-ethyl adjacent to an activating group) is 1. The van der Waals surface area contributed by atoms with Crippen LogP contribution in [-0.4, -0.2) is 42.3 Å². The average Bonchev–Trinajstić information content (AvgIpc) is 2.43. The minimum atomic E-state index is -1.18. The van der Waals surface area contributed by atoms with Crippen molar-refractivity contribution < 1.29 is 19.6 Å². The summed E-state index contributed by atoms with van der Waals surface area (Å²) in [5.41, 5.74) is -0.145. The highest BCUT2D eigenvalue weighted by atomic mass is 16.6. The smallest absolute Gasteiger partial charge is 0.338 e. The van der Waals surface area contributed by atoms with Crippen LogP contribution < -0.4 is 4.90 Å². The highest BCUT2D eigenvalue weighted by Crippen LogP contribution is 2.31. The molecule has 0 saturated heterocycles. The third-order valence-corrected chi connectivity index (χ3v) is 2.85. The van der Waals surface area contributed by atoms with Gasteiger partial charge in [0.2, 0.25) is 0 Å². The van der Waals surface area contributed by atoms with E-state index in [1.54, 1.807) is 4.90 Å². The minimum Gasteiger partial charge on any atom is -0.478 e. The van der Waals surface area contributed by atoms with Crippen molar-refractivity contribution in [3.63, 3.8) is 0 Å². The third kappa shape index (κ3) is 3.67. The van der Waals surface area contributed by atoms with Crippen LogP contribution in [0.25, 0.3) is 0 Å². The topological polar surface area (TPSA) is 92.9 Å². The Kier molecular flexibility index (Phi) is 5.92. The van der Waals surface area contributed by atoms with Gasteiger partial charge in [0, 0.05) is 25.8 Å². The van der Waals surface area contributed by atoms with Gasteiger partial charge in [-0.3, -0.25) is 10.1 Å². The maximum absolute atomic E-state index is 11.3. The van der Waals surface area contributed by atoms with Gasteiger partial charge in [0.15, 0.2) is 0 Å². The fraction of sp³-hybridized carbons (Fsp3) is 0.462. The molecule has 0 unspecified atom stereocenters. The maximum Gasteiger partial charge on any atom is 0.338 e. The van der Waals surface area contributed by atoms with Crippen molar-refractivity contribution in [2.24, 2.45) is 0 Å². The summed E-state index contributed by atoms with van der Waals surface area (Å²) in [7, 11) is 0. The van der Waals surface area contributed by atoms with Crippen LogP contribution in [0.5, 0.6) is 0 Å². The summed E-state index contributed by atoms with van der Waals surface area (Å²) in [6, 6.07) is 4.06. The molecule has 1 N–H and O–H groups in total. The van der Waals surface area contributed by atoms with Gasteiger partial charge in [0.25, 0.3) is 5.69 Å². The van der Waals surface area contributed by atoms with E-state index in [1.165, 1.54) is 18.2 Å². The number of benzene rings is 1. The molecule has 0 aromatic heterocycles. The van der Waals surface area contributed by atoms with E-state index in [2.05, 4.69) is 0 Å². The second kappa shape index (κ2) is 7.44. The number of hydrogen-bond acceptors (Lipinski definition) is 5. The van der Waals surface area contributed by atoms with Crippen LogP contribution in [0.4, 0.5) is 11.4 Å². The number of carboxylic acid groups (broad SMARTS) is 1. The molecule has 0 spiro atoms. The fourth-order valence-corrected chi connectivity index (χ4v) is 1.93. The summed E-state index contributed by atoms with van der Waals surface area (Å²) in [5.74, 6) is -1.18. The fourth-order valence-electron chi connectivity index (χ4n) is 1.93. The molecule has 0 radical (unpaired) electrons. The van der Waals surface area contributed by atoms with E-state index in [0.717, 1.165) is 0 Å². The minimum absolute atomic E-state index is 0.0717. The highest BCUT2D eigenvalue weighted by molar-refractivity contribution is 5.97. The normalized spacial score (nSPS) is 10.3. The van der Waals surface area contributed by atoms with Crippen molar-refractivity contribution >= 4 is 17.3 Å². The number of carbonyl (C=O) groups is 1. The van der Waals surface area contributed by atoms with Gasteiger partial charge in [0.05, 0.1) is 17.1 Å². The predicted molar refractivity (Wildman–Crippen MR) is 74.4 cm³/mol. The highest BCUT2D eigenvalue weighted by Gasteiger charge is 2.25. The van der Waals surface area contributed by atoms with Gasteiger partial charge in [-0.2, -0.15) is 0 Å². The number of para-hydroxylation sites is 1. The molecule has 0 heterocycles. The monoisotopic (exact) mass is 282 g/mol. The zero-order chi connectivity index (χ0) is 15.1. The van der Waals surface area contributed by atoms with Gasteiger partial charge >= 0.3 is 5.97 Å². The van der Waals surface area contributed by atoms with Crippen LogP contribution in [0.15, 0.2) is 18.2 Å². The number of rotatable bonds is 8. The van der Waals surface area contributed by atoms with E-state index in [4.69, 9.17) is 4.74 Å². The van der Waals surface area contributed by atoms with Crippen LogP contribution in [0.3, 0.4) is 0 Å². The lowest BCUT2D eigenvalue weighted by molar-refractivity contribution is -0.384. The quantitative estimate of drug-likeness (QED) is 0.446. The Balaban J connectivity index is 3.22. The van der Waals surface area contributed by atoms with Crippen molar-refractivity contribution in [1.29, 1.82) is 0 Å². The standard InChI is InChI=1S/C13H18N2O5/c1-3-14(8-9-20-4-2)12-10(13(16)17)6-5-7-11(12)15(18)19/h5-7H,3-4,8-9H2,1-2H3,(H,16,17).